The molecule has 40 heavy (non-hydrogen) atoms. The molecule has 0 unspecified atom stereocenters. The first-order valence-corrected chi connectivity index (χ1v) is 12.2. The van der Waals surface area contributed by atoms with Crippen molar-refractivity contribution >= 4 is 36.5 Å². The van der Waals surface area contributed by atoms with Crippen molar-refractivity contribution < 1.29 is 18.7 Å². The lowest BCUT2D eigenvalue weighted by Gasteiger charge is -2.32. The van der Waals surface area contributed by atoms with E-state index >= 15 is 0 Å². The second kappa shape index (κ2) is 13.4. The van der Waals surface area contributed by atoms with Gasteiger partial charge < -0.3 is 19.7 Å². The van der Waals surface area contributed by atoms with Crippen molar-refractivity contribution in [3.63, 3.8) is 0 Å². The number of nitrogens with zero attached hydrogens (tertiary/aromatic N) is 4. The Hall–Kier alpha value is -3.94. The molecule has 5 rings (SSSR count). The molecule has 2 N–H and O–H groups in total. The maximum Gasteiger partial charge on any atom is 0.292 e. The Labute approximate surface area is 243 Å². The van der Waals surface area contributed by atoms with Gasteiger partial charge in [0, 0.05) is 49.9 Å². The highest BCUT2D eigenvalue weighted by Crippen LogP contribution is 2.36. The van der Waals surface area contributed by atoms with E-state index < -0.39 is 11.7 Å². The number of pyridine rings is 1. The van der Waals surface area contributed by atoms with Crippen LogP contribution in [0, 0.1) is 17.1 Å². The Morgan fingerprint density at radius 2 is 1.85 bits per heavy atom. The number of hydrogen-bond donors (Lipinski definition) is 2. The number of benzene rings is 2. The molecule has 11 heteroatoms. The van der Waals surface area contributed by atoms with Crippen molar-refractivity contribution in [2.24, 2.45) is 0 Å². The Morgan fingerprint density at radius 3 is 2.52 bits per heavy atom. The molecular weight excluding hydrogens is 556 g/mol. The van der Waals surface area contributed by atoms with E-state index in [9.17, 15) is 19.6 Å². The molecule has 2 aromatic heterocycles. The van der Waals surface area contributed by atoms with Gasteiger partial charge in [-0.25, -0.2) is 9.37 Å². The number of phenolic OH excluding ortho intramolecular Hbond substituents is 1. The van der Waals surface area contributed by atoms with E-state index in [0.717, 1.165) is 49.9 Å². The van der Waals surface area contributed by atoms with Crippen molar-refractivity contribution in [1.82, 2.24) is 14.8 Å². The molecule has 1 aliphatic rings. The molecule has 1 amide bonds. The minimum atomic E-state index is -0.594. The summed E-state index contributed by atoms with van der Waals surface area (Å²) >= 11 is 0. The number of carbonyl (C=O) groups is 1. The Balaban J connectivity index is 0.00000220. The summed E-state index contributed by atoms with van der Waals surface area (Å²) in [6, 6.07) is 18.4. The van der Waals surface area contributed by atoms with Crippen LogP contribution in [0.5, 0.6) is 5.75 Å². The fourth-order valence-corrected chi connectivity index (χ4v) is 4.51. The average Bonchev–Trinajstić information content (AvgIpc) is 3.45. The highest BCUT2D eigenvalue weighted by molar-refractivity contribution is 6.03. The summed E-state index contributed by atoms with van der Waals surface area (Å²) in [6.07, 6.45) is 1.37. The first kappa shape index (κ1) is 30.6. The summed E-state index contributed by atoms with van der Waals surface area (Å²) in [5.74, 6) is -1.41. The number of phenols is 1. The Kier molecular flexibility index (Phi) is 10.3. The van der Waals surface area contributed by atoms with Gasteiger partial charge in [-0.05, 0) is 54.6 Å². The highest BCUT2D eigenvalue weighted by atomic mass is 35.5. The molecule has 0 saturated carbocycles. The summed E-state index contributed by atoms with van der Waals surface area (Å²) in [4.78, 5) is 21.9. The SMILES string of the molecule is CN1CCN(Cc2cccc(-c3cc(-c4ccc(F)cc4O)nc(NC(=O)c4ccco4)c3C#N)c2)CC1.Cl.Cl. The predicted molar refractivity (Wildman–Crippen MR) is 155 cm³/mol. The number of aromatic nitrogens is 1. The van der Waals surface area contributed by atoms with Crippen molar-refractivity contribution in [1.29, 1.82) is 5.26 Å². The van der Waals surface area contributed by atoms with Crippen LogP contribution in [0.4, 0.5) is 10.2 Å². The number of halogens is 3. The molecule has 1 aliphatic heterocycles. The lowest BCUT2D eigenvalue weighted by atomic mass is 9.96. The summed E-state index contributed by atoms with van der Waals surface area (Å²) in [5.41, 5.74) is 3.06. The lowest BCUT2D eigenvalue weighted by molar-refractivity contribution is 0.0996. The maximum absolute atomic E-state index is 13.7. The number of amides is 1. The second-order valence-corrected chi connectivity index (χ2v) is 9.26. The van der Waals surface area contributed by atoms with E-state index in [-0.39, 0.29) is 59.0 Å². The van der Waals surface area contributed by atoms with E-state index in [4.69, 9.17) is 4.42 Å². The Morgan fingerprint density at radius 1 is 1.07 bits per heavy atom. The van der Waals surface area contributed by atoms with Gasteiger partial charge >= 0.3 is 0 Å². The number of aromatic hydroxyl groups is 1. The van der Waals surface area contributed by atoms with Crippen LogP contribution in [0.1, 0.15) is 21.7 Å². The topological polar surface area (TPSA) is 106 Å². The van der Waals surface area contributed by atoms with Gasteiger partial charge in [0.15, 0.2) is 11.6 Å². The van der Waals surface area contributed by atoms with Crippen LogP contribution < -0.4 is 5.32 Å². The molecule has 1 fully saturated rings. The number of furan rings is 1. The van der Waals surface area contributed by atoms with E-state index in [1.807, 2.05) is 24.3 Å². The molecule has 0 bridgehead atoms. The minimum absolute atomic E-state index is 0. The van der Waals surface area contributed by atoms with Crippen molar-refractivity contribution in [2.45, 2.75) is 6.54 Å². The van der Waals surface area contributed by atoms with E-state index in [1.54, 1.807) is 12.1 Å². The monoisotopic (exact) mass is 583 g/mol. The van der Waals surface area contributed by atoms with E-state index in [1.165, 1.54) is 24.5 Å². The number of piperazine rings is 1. The van der Waals surface area contributed by atoms with Gasteiger partial charge in [0.05, 0.1) is 12.0 Å². The van der Waals surface area contributed by atoms with Crippen LogP contribution in [0.2, 0.25) is 0 Å². The number of nitrogens with one attached hydrogen (secondary N) is 1. The number of anilines is 1. The number of rotatable bonds is 6. The maximum atomic E-state index is 13.7. The van der Waals surface area contributed by atoms with Crippen molar-refractivity contribution in [3.8, 4) is 34.2 Å². The quantitative estimate of drug-likeness (QED) is 0.305. The summed E-state index contributed by atoms with van der Waals surface area (Å²) in [6.45, 7) is 4.72. The molecule has 0 radical (unpaired) electrons. The molecular formula is C29H28Cl2FN5O3. The van der Waals surface area contributed by atoms with Gasteiger partial charge in [-0.2, -0.15) is 5.26 Å². The van der Waals surface area contributed by atoms with Crippen LogP contribution >= 0.6 is 24.8 Å². The first-order valence-electron chi connectivity index (χ1n) is 12.2. The molecule has 0 atom stereocenters. The number of carbonyl (C=O) groups excluding carboxylic acids is 1. The molecule has 2 aromatic carbocycles. The van der Waals surface area contributed by atoms with Gasteiger partial charge in [-0.15, -0.1) is 24.8 Å². The van der Waals surface area contributed by atoms with Crippen LogP contribution in [0.25, 0.3) is 22.4 Å². The third-order valence-electron chi connectivity index (χ3n) is 6.58. The molecule has 8 nitrogen and oxygen atoms in total. The van der Waals surface area contributed by atoms with E-state index in [0.29, 0.717) is 5.56 Å². The smallest absolute Gasteiger partial charge is 0.292 e. The molecule has 208 valence electrons. The predicted octanol–water partition coefficient (Wildman–Crippen LogP) is 5.57. The fourth-order valence-electron chi connectivity index (χ4n) is 4.51. The summed E-state index contributed by atoms with van der Waals surface area (Å²) in [7, 11) is 2.11. The van der Waals surface area contributed by atoms with Crippen LogP contribution in [-0.4, -0.2) is 59.0 Å². The minimum Gasteiger partial charge on any atom is -0.507 e. The van der Waals surface area contributed by atoms with Crippen LogP contribution in [0.3, 0.4) is 0 Å². The van der Waals surface area contributed by atoms with Crippen molar-refractivity contribution in [3.05, 3.63) is 89.6 Å². The standard InChI is InChI=1S/C29H26FN5O3.2ClH/c1-34-9-11-35(12-10-34)18-19-4-2-5-20(14-19)23-16-25(22-8-7-21(30)15-26(22)36)32-28(24(23)17-31)33-29(37)27-6-3-13-38-27;;/h2-8,13-16,36H,9-12,18H2,1H3,(H,32,33,37);2*1H. The van der Waals surface area contributed by atoms with Gasteiger partial charge in [-0.3, -0.25) is 9.69 Å². The molecule has 0 aliphatic carbocycles. The summed E-state index contributed by atoms with van der Waals surface area (Å²) < 4.78 is 18.9. The van der Waals surface area contributed by atoms with Gasteiger partial charge in [-0.1, -0.05) is 18.2 Å². The third-order valence-corrected chi connectivity index (χ3v) is 6.58. The molecule has 4 aromatic rings. The van der Waals surface area contributed by atoms with Gasteiger partial charge in [0.2, 0.25) is 0 Å². The zero-order chi connectivity index (χ0) is 26.6. The number of hydrogen-bond acceptors (Lipinski definition) is 7. The molecule has 1 saturated heterocycles. The second-order valence-electron chi connectivity index (χ2n) is 9.26. The zero-order valence-corrected chi connectivity index (χ0v) is 23.3. The number of nitriles is 1. The fraction of sp³-hybridized carbons (Fsp3) is 0.207. The average molecular weight is 584 g/mol. The van der Waals surface area contributed by atoms with Crippen LogP contribution in [0.15, 0.2) is 71.3 Å². The first-order chi connectivity index (χ1) is 18.4. The molecule has 3 heterocycles. The van der Waals surface area contributed by atoms with Gasteiger partial charge in [0.25, 0.3) is 5.91 Å². The largest absolute Gasteiger partial charge is 0.507 e. The summed E-state index contributed by atoms with van der Waals surface area (Å²) in [5, 5.41) is 23.2. The van der Waals surface area contributed by atoms with Gasteiger partial charge in [0.1, 0.15) is 23.2 Å². The number of likely N-dealkylation sites (N-methyl/N-ethyl adjacent to an activating group) is 1. The van der Waals surface area contributed by atoms with E-state index in [2.05, 4.69) is 33.2 Å². The molecule has 0 spiro atoms. The Bertz CT molecular complexity index is 1520. The normalized spacial score (nSPS) is 13.5. The lowest BCUT2D eigenvalue weighted by Crippen LogP contribution is -2.43. The highest BCUT2D eigenvalue weighted by Gasteiger charge is 2.21. The third kappa shape index (κ3) is 6.79. The van der Waals surface area contributed by atoms with Crippen LogP contribution in [-0.2, 0) is 6.54 Å². The zero-order valence-electron chi connectivity index (χ0n) is 21.6. The van der Waals surface area contributed by atoms with Crippen molar-refractivity contribution in [2.75, 3.05) is 38.5 Å².